The molecule has 1 aromatic heterocycles. The topological polar surface area (TPSA) is 61.8 Å². The molecule has 0 fully saturated rings. The quantitative estimate of drug-likeness (QED) is 0.579. The zero-order valence-electron chi connectivity index (χ0n) is 11.8. The van der Waals surface area contributed by atoms with Gasteiger partial charge in [-0.1, -0.05) is 12.1 Å². The van der Waals surface area contributed by atoms with E-state index in [4.69, 9.17) is 0 Å². The van der Waals surface area contributed by atoms with Gasteiger partial charge < -0.3 is 9.67 Å². The molecule has 0 radical (unpaired) electrons. The van der Waals surface area contributed by atoms with E-state index in [1.165, 1.54) is 24.3 Å². The first-order chi connectivity index (χ1) is 10.6. The monoisotopic (exact) mass is 293 g/mol. The summed E-state index contributed by atoms with van der Waals surface area (Å²) >= 11 is 0. The molecule has 0 aliphatic rings. The van der Waals surface area contributed by atoms with Crippen LogP contribution >= 0.6 is 0 Å². The molecule has 1 heterocycles. The second-order valence-corrected chi connectivity index (χ2v) is 4.83. The smallest absolute Gasteiger partial charge is 0.155 e. The van der Waals surface area contributed by atoms with E-state index in [0.29, 0.717) is 11.4 Å². The molecule has 3 rings (SSSR count). The van der Waals surface area contributed by atoms with Gasteiger partial charge in [0, 0.05) is 12.6 Å². The zero-order valence-corrected chi connectivity index (χ0v) is 11.8. The van der Waals surface area contributed by atoms with Gasteiger partial charge in [-0.05, 0) is 36.4 Å². The van der Waals surface area contributed by atoms with Crippen LogP contribution in [0.1, 0.15) is 11.4 Å². The van der Waals surface area contributed by atoms with Crippen LogP contribution in [0.15, 0.2) is 48.5 Å². The first-order valence-electron chi connectivity index (χ1n) is 6.63. The number of aliphatic hydroxyl groups is 1. The number of fused-ring (bicyclic) bond motifs is 1. The second-order valence-electron chi connectivity index (χ2n) is 4.83. The SMILES string of the molecule is Cn1c(/C(C#N)=C(/O)c2ccc(F)cc2)nc2ccccc21. The molecule has 0 spiro atoms. The standard InChI is InChI=1S/C17H12FN3O/c1-21-15-5-3-2-4-14(15)20-17(21)13(10-19)16(22)11-6-8-12(18)9-7-11/h2-9,22H,1H3/b16-13+. The van der Waals surface area contributed by atoms with E-state index in [2.05, 4.69) is 4.98 Å². The molecule has 22 heavy (non-hydrogen) atoms. The van der Waals surface area contributed by atoms with Crippen molar-refractivity contribution in [2.45, 2.75) is 0 Å². The lowest BCUT2D eigenvalue weighted by molar-refractivity contribution is 0.513. The molecule has 0 saturated heterocycles. The Morgan fingerprint density at radius 2 is 1.86 bits per heavy atom. The third kappa shape index (κ3) is 2.21. The molecule has 0 aliphatic heterocycles. The van der Waals surface area contributed by atoms with Gasteiger partial charge in [0.25, 0.3) is 0 Å². The van der Waals surface area contributed by atoms with Crippen LogP contribution in [0.4, 0.5) is 4.39 Å². The fourth-order valence-corrected chi connectivity index (χ4v) is 2.33. The summed E-state index contributed by atoms with van der Waals surface area (Å²) < 4.78 is 14.7. The molecule has 2 aromatic carbocycles. The number of aryl methyl sites for hydroxylation is 1. The van der Waals surface area contributed by atoms with Crippen molar-refractivity contribution in [1.82, 2.24) is 9.55 Å². The Labute approximate surface area is 126 Å². The molecule has 3 aromatic rings. The van der Waals surface area contributed by atoms with Gasteiger partial charge in [0.2, 0.25) is 0 Å². The minimum absolute atomic E-state index is 0.0466. The van der Waals surface area contributed by atoms with E-state index in [-0.39, 0.29) is 11.3 Å². The summed E-state index contributed by atoms with van der Waals surface area (Å²) in [6.45, 7) is 0. The van der Waals surface area contributed by atoms with Crippen molar-refractivity contribution in [3.05, 3.63) is 65.7 Å². The fraction of sp³-hybridized carbons (Fsp3) is 0.0588. The number of aromatic nitrogens is 2. The number of halogens is 1. The van der Waals surface area contributed by atoms with E-state index < -0.39 is 5.82 Å². The van der Waals surface area contributed by atoms with Gasteiger partial charge in [-0.25, -0.2) is 9.37 Å². The largest absolute Gasteiger partial charge is 0.506 e. The number of hydrogen-bond acceptors (Lipinski definition) is 3. The summed E-state index contributed by atoms with van der Waals surface area (Å²) in [5.41, 5.74) is 2.01. The van der Waals surface area contributed by atoms with Gasteiger partial charge in [0.1, 0.15) is 23.2 Å². The van der Waals surface area contributed by atoms with Crippen LogP contribution in [-0.4, -0.2) is 14.7 Å². The van der Waals surface area contributed by atoms with E-state index >= 15 is 0 Å². The minimum atomic E-state index is -0.405. The molecule has 4 nitrogen and oxygen atoms in total. The Morgan fingerprint density at radius 3 is 2.50 bits per heavy atom. The number of nitriles is 1. The van der Waals surface area contributed by atoms with Gasteiger partial charge in [-0.3, -0.25) is 0 Å². The van der Waals surface area contributed by atoms with Crippen molar-refractivity contribution < 1.29 is 9.50 Å². The highest BCUT2D eigenvalue weighted by molar-refractivity contribution is 5.94. The predicted octanol–water partition coefficient (Wildman–Crippen LogP) is 3.66. The Balaban J connectivity index is 2.21. The molecule has 0 amide bonds. The lowest BCUT2D eigenvalue weighted by atomic mass is 10.1. The van der Waals surface area contributed by atoms with Gasteiger partial charge in [-0.2, -0.15) is 5.26 Å². The summed E-state index contributed by atoms with van der Waals surface area (Å²) in [7, 11) is 1.78. The van der Waals surface area contributed by atoms with Crippen LogP contribution in [0.5, 0.6) is 0 Å². The zero-order chi connectivity index (χ0) is 15.7. The number of imidazole rings is 1. The van der Waals surface area contributed by atoms with Crippen LogP contribution in [-0.2, 0) is 7.05 Å². The van der Waals surface area contributed by atoms with E-state index in [1.54, 1.807) is 11.6 Å². The van der Waals surface area contributed by atoms with Crippen molar-refractivity contribution in [3.63, 3.8) is 0 Å². The number of nitrogens with zero attached hydrogens (tertiary/aromatic N) is 3. The third-order valence-electron chi connectivity index (χ3n) is 3.48. The molecule has 0 bridgehead atoms. The van der Waals surface area contributed by atoms with Gasteiger partial charge in [0.15, 0.2) is 5.82 Å². The van der Waals surface area contributed by atoms with Crippen molar-refractivity contribution in [2.75, 3.05) is 0 Å². The Morgan fingerprint density at radius 1 is 1.18 bits per heavy atom. The number of allylic oxidation sites excluding steroid dienone is 1. The van der Waals surface area contributed by atoms with E-state index in [9.17, 15) is 14.8 Å². The molecule has 0 saturated carbocycles. The first kappa shape index (κ1) is 13.8. The predicted molar refractivity (Wildman–Crippen MR) is 82.2 cm³/mol. The van der Waals surface area contributed by atoms with Crippen LogP contribution in [0.2, 0.25) is 0 Å². The molecule has 0 atom stereocenters. The van der Waals surface area contributed by atoms with Gasteiger partial charge in [-0.15, -0.1) is 0 Å². The summed E-state index contributed by atoms with van der Waals surface area (Å²) in [5.74, 6) is -0.260. The maximum atomic E-state index is 13.0. The molecular formula is C17H12FN3O. The van der Waals surface area contributed by atoms with E-state index in [1.807, 2.05) is 30.3 Å². The van der Waals surface area contributed by atoms with Crippen LogP contribution in [0, 0.1) is 17.1 Å². The van der Waals surface area contributed by atoms with Gasteiger partial charge in [0.05, 0.1) is 11.0 Å². The number of benzene rings is 2. The Bertz CT molecular complexity index is 917. The summed E-state index contributed by atoms with van der Waals surface area (Å²) in [6, 6.07) is 14.7. The average molecular weight is 293 g/mol. The second kappa shape index (κ2) is 5.34. The van der Waals surface area contributed by atoms with Crippen molar-refractivity contribution >= 4 is 22.4 Å². The van der Waals surface area contributed by atoms with E-state index in [0.717, 1.165) is 11.0 Å². The van der Waals surface area contributed by atoms with Crippen LogP contribution in [0.25, 0.3) is 22.4 Å². The first-order valence-corrected chi connectivity index (χ1v) is 6.63. The highest BCUT2D eigenvalue weighted by Crippen LogP contribution is 2.26. The number of rotatable bonds is 2. The molecule has 5 heteroatoms. The Hall–Kier alpha value is -3.13. The maximum absolute atomic E-state index is 13.0. The highest BCUT2D eigenvalue weighted by Gasteiger charge is 2.17. The molecular weight excluding hydrogens is 281 g/mol. The lowest BCUT2D eigenvalue weighted by Crippen LogP contribution is -1.99. The average Bonchev–Trinajstić information content (AvgIpc) is 2.86. The molecule has 108 valence electrons. The maximum Gasteiger partial charge on any atom is 0.155 e. The fourth-order valence-electron chi connectivity index (χ4n) is 2.33. The van der Waals surface area contributed by atoms with Crippen molar-refractivity contribution in [2.24, 2.45) is 7.05 Å². The Kier molecular flexibility index (Phi) is 3.36. The summed E-state index contributed by atoms with van der Waals surface area (Å²) in [4.78, 5) is 4.40. The number of aliphatic hydroxyl groups excluding tert-OH is 1. The number of para-hydroxylation sites is 2. The highest BCUT2D eigenvalue weighted by atomic mass is 19.1. The van der Waals surface area contributed by atoms with Crippen LogP contribution < -0.4 is 0 Å². The molecule has 0 aliphatic carbocycles. The van der Waals surface area contributed by atoms with Crippen LogP contribution in [0.3, 0.4) is 0 Å². The minimum Gasteiger partial charge on any atom is -0.506 e. The normalized spacial score (nSPS) is 12.0. The summed E-state index contributed by atoms with van der Waals surface area (Å²) in [5, 5.41) is 19.8. The van der Waals surface area contributed by atoms with Gasteiger partial charge >= 0.3 is 0 Å². The van der Waals surface area contributed by atoms with Crippen molar-refractivity contribution in [1.29, 1.82) is 5.26 Å². The third-order valence-corrected chi connectivity index (χ3v) is 3.48. The molecule has 1 N–H and O–H groups in total. The lowest BCUT2D eigenvalue weighted by Gasteiger charge is -2.05. The summed E-state index contributed by atoms with van der Waals surface area (Å²) in [6.07, 6.45) is 0. The van der Waals surface area contributed by atoms with Crippen molar-refractivity contribution in [3.8, 4) is 6.07 Å². The molecule has 0 unspecified atom stereocenters. The number of hydrogen-bond donors (Lipinski definition) is 1.